The van der Waals surface area contributed by atoms with Crippen molar-refractivity contribution in [2.24, 2.45) is 0 Å². The highest BCUT2D eigenvalue weighted by Crippen LogP contribution is 2.24. The van der Waals surface area contributed by atoms with Gasteiger partial charge in [0.25, 0.3) is 0 Å². The van der Waals surface area contributed by atoms with Crippen molar-refractivity contribution in [2.45, 2.75) is 25.8 Å². The fourth-order valence-corrected chi connectivity index (χ4v) is 2.69. The Balaban J connectivity index is 1.90. The van der Waals surface area contributed by atoms with Crippen molar-refractivity contribution in [3.63, 3.8) is 0 Å². The van der Waals surface area contributed by atoms with Crippen LogP contribution in [0.2, 0.25) is 0 Å². The van der Waals surface area contributed by atoms with Crippen LogP contribution in [0.1, 0.15) is 33.6 Å². The Morgan fingerprint density at radius 2 is 2.14 bits per heavy atom. The van der Waals surface area contributed by atoms with Gasteiger partial charge in [0.05, 0.1) is 11.5 Å². The van der Waals surface area contributed by atoms with Crippen molar-refractivity contribution in [1.82, 2.24) is 9.78 Å². The maximum atomic E-state index is 11.0. The van der Waals surface area contributed by atoms with Crippen molar-refractivity contribution in [3.05, 3.63) is 56.9 Å². The number of hydrogen-bond acceptors (Lipinski definition) is 4. The second-order valence-corrected chi connectivity index (χ2v) is 5.08. The topological polar surface area (TPSA) is 98.3 Å². The third-order valence-corrected chi connectivity index (χ3v) is 3.65. The minimum Gasteiger partial charge on any atom is -0.476 e. The molecule has 0 spiro atoms. The summed E-state index contributed by atoms with van der Waals surface area (Å²) >= 11 is 0. The normalized spacial score (nSPS) is 13.1. The number of carbonyl (C=O) groups is 1. The molecule has 0 radical (unpaired) electrons. The van der Waals surface area contributed by atoms with E-state index in [4.69, 9.17) is 5.11 Å². The smallest absolute Gasteiger partial charge is 0.363 e. The van der Waals surface area contributed by atoms with Gasteiger partial charge >= 0.3 is 11.7 Å². The molecule has 3 rings (SSSR count). The van der Waals surface area contributed by atoms with Crippen LogP contribution in [0.5, 0.6) is 0 Å². The number of aromatic nitrogens is 2. The molecule has 0 amide bonds. The molecule has 7 heteroatoms. The fraction of sp³-hybridized carbons (Fsp3) is 0.286. The highest BCUT2D eigenvalue weighted by atomic mass is 16.6. The first kappa shape index (κ1) is 13.3. The molecule has 0 fully saturated rings. The molecule has 0 atom stereocenters. The highest BCUT2D eigenvalue weighted by molar-refractivity contribution is 5.89. The predicted octanol–water partition coefficient (Wildman–Crippen LogP) is 2.03. The SMILES string of the molecule is O=C(O)c1nn(Cc2ccc3c(c2)CCC3)cc1[N+](=O)[O-]. The van der Waals surface area contributed by atoms with Gasteiger partial charge in [-0.15, -0.1) is 0 Å². The molecule has 0 saturated heterocycles. The fourth-order valence-electron chi connectivity index (χ4n) is 2.69. The molecule has 0 aliphatic heterocycles. The number of aryl methyl sites for hydroxylation is 2. The van der Waals surface area contributed by atoms with Crippen molar-refractivity contribution < 1.29 is 14.8 Å². The van der Waals surface area contributed by atoms with Gasteiger partial charge in [-0.3, -0.25) is 14.8 Å². The van der Waals surface area contributed by atoms with Crippen molar-refractivity contribution in [1.29, 1.82) is 0 Å². The van der Waals surface area contributed by atoms with E-state index in [0.29, 0.717) is 6.54 Å². The van der Waals surface area contributed by atoms with E-state index >= 15 is 0 Å². The molecule has 1 aliphatic carbocycles. The van der Waals surface area contributed by atoms with E-state index in [2.05, 4.69) is 17.2 Å². The average Bonchev–Trinajstić information content (AvgIpc) is 3.04. The molecule has 21 heavy (non-hydrogen) atoms. The van der Waals surface area contributed by atoms with Crippen LogP contribution in [0, 0.1) is 10.1 Å². The van der Waals surface area contributed by atoms with E-state index in [0.717, 1.165) is 31.0 Å². The number of hydrogen-bond donors (Lipinski definition) is 1. The lowest BCUT2D eigenvalue weighted by Gasteiger charge is -2.04. The van der Waals surface area contributed by atoms with E-state index in [1.165, 1.54) is 15.8 Å². The summed E-state index contributed by atoms with van der Waals surface area (Å²) in [6, 6.07) is 6.09. The van der Waals surface area contributed by atoms with Crippen molar-refractivity contribution in [2.75, 3.05) is 0 Å². The molecule has 1 aromatic carbocycles. The van der Waals surface area contributed by atoms with Gasteiger partial charge in [-0.1, -0.05) is 18.2 Å². The van der Waals surface area contributed by atoms with Crippen LogP contribution in [-0.2, 0) is 19.4 Å². The highest BCUT2D eigenvalue weighted by Gasteiger charge is 2.25. The molecular formula is C14H13N3O4. The van der Waals surface area contributed by atoms with E-state index in [1.54, 1.807) is 0 Å². The zero-order valence-electron chi connectivity index (χ0n) is 11.2. The third kappa shape index (κ3) is 2.49. The number of carboxylic acids is 1. The average molecular weight is 287 g/mol. The molecule has 2 aromatic rings. The number of rotatable bonds is 4. The summed E-state index contributed by atoms with van der Waals surface area (Å²) in [6.45, 7) is 0.321. The van der Waals surface area contributed by atoms with E-state index < -0.39 is 22.3 Å². The van der Waals surface area contributed by atoms with Gasteiger partial charge in [-0.25, -0.2) is 4.79 Å². The number of benzene rings is 1. The number of aromatic carboxylic acids is 1. The monoisotopic (exact) mass is 287 g/mol. The van der Waals surface area contributed by atoms with Crippen LogP contribution >= 0.6 is 0 Å². The van der Waals surface area contributed by atoms with Gasteiger partial charge in [0, 0.05) is 0 Å². The zero-order valence-corrected chi connectivity index (χ0v) is 11.2. The Morgan fingerprint density at radius 1 is 1.38 bits per heavy atom. The molecule has 1 N–H and O–H groups in total. The number of nitrogens with zero attached hydrogens (tertiary/aromatic N) is 3. The Kier molecular flexibility index (Phi) is 3.17. The molecule has 0 saturated carbocycles. The maximum absolute atomic E-state index is 11.0. The van der Waals surface area contributed by atoms with Crippen LogP contribution in [0.25, 0.3) is 0 Å². The summed E-state index contributed by atoms with van der Waals surface area (Å²) in [5, 5.41) is 23.6. The lowest BCUT2D eigenvalue weighted by Crippen LogP contribution is -2.05. The van der Waals surface area contributed by atoms with Crippen molar-refractivity contribution >= 4 is 11.7 Å². The Morgan fingerprint density at radius 3 is 2.81 bits per heavy atom. The standard InChI is InChI=1S/C14H13N3O4/c18-14(19)13-12(17(20)21)8-16(15-13)7-9-4-5-10-2-1-3-11(10)6-9/h4-6,8H,1-3,7H2,(H,18,19). The van der Waals surface area contributed by atoms with E-state index in [9.17, 15) is 14.9 Å². The van der Waals surface area contributed by atoms with Crippen molar-refractivity contribution in [3.8, 4) is 0 Å². The Labute approximate surface area is 120 Å². The summed E-state index contributed by atoms with van der Waals surface area (Å²) in [5.41, 5.74) is 2.60. The lowest BCUT2D eigenvalue weighted by atomic mass is 10.1. The summed E-state index contributed by atoms with van der Waals surface area (Å²) < 4.78 is 1.30. The number of fused-ring (bicyclic) bond motifs is 1. The maximum Gasteiger partial charge on any atom is 0.363 e. The lowest BCUT2D eigenvalue weighted by molar-refractivity contribution is -0.385. The van der Waals surface area contributed by atoms with Gasteiger partial charge < -0.3 is 5.11 Å². The molecule has 1 heterocycles. The van der Waals surface area contributed by atoms with Gasteiger partial charge in [-0.2, -0.15) is 5.10 Å². The summed E-state index contributed by atoms with van der Waals surface area (Å²) in [6.07, 6.45) is 4.45. The predicted molar refractivity (Wildman–Crippen MR) is 73.4 cm³/mol. The Bertz CT molecular complexity index is 704. The summed E-state index contributed by atoms with van der Waals surface area (Å²) in [7, 11) is 0. The Hall–Kier alpha value is -2.70. The van der Waals surface area contributed by atoms with Gasteiger partial charge in [0.15, 0.2) is 0 Å². The largest absolute Gasteiger partial charge is 0.476 e. The molecule has 1 aliphatic rings. The molecule has 1 aromatic heterocycles. The van der Waals surface area contributed by atoms with Gasteiger partial charge in [0.2, 0.25) is 5.69 Å². The van der Waals surface area contributed by atoms with E-state index in [1.807, 2.05) is 6.07 Å². The van der Waals surface area contributed by atoms with Crippen LogP contribution in [0.4, 0.5) is 5.69 Å². The van der Waals surface area contributed by atoms with E-state index in [-0.39, 0.29) is 0 Å². The quantitative estimate of drug-likeness (QED) is 0.685. The van der Waals surface area contributed by atoms with Gasteiger partial charge in [0.1, 0.15) is 6.20 Å². The second kappa shape index (κ2) is 5.01. The summed E-state index contributed by atoms with van der Waals surface area (Å²) in [5.74, 6) is -1.39. The van der Waals surface area contributed by atoms with Crippen LogP contribution in [0.3, 0.4) is 0 Å². The first-order valence-corrected chi connectivity index (χ1v) is 6.60. The molecule has 108 valence electrons. The zero-order chi connectivity index (χ0) is 15.0. The molecule has 0 unspecified atom stereocenters. The minimum absolute atomic E-state index is 0.321. The molecule has 7 nitrogen and oxygen atoms in total. The molecular weight excluding hydrogens is 274 g/mol. The molecule has 0 bridgehead atoms. The van der Waals surface area contributed by atoms with Crippen LogP contribution in [-0.4, -0.2) is 25.8 Å². The first-order chi connectivity index (χ1) is 10.0. The van der Waals surface area contributed by atoms with Gasteiger partial charge in [-0.05, 0) is 36.0 Å². The number of nitro groups is 1. The first-order valence-electron chi connectivity index (χ1n) is 6.60. The second-order valence-electron chi connectivity index (χ2n) is 5.08. The summed E-state index contributed by atoms with van der Waals surface area (Å²) in [4.78, 5) is 21.1. The van der Waals surface area contributed by atoms with Crippen LogP contribution < -0.4 is 0 Å². The third-order valence-electron chi connectivity index (χ3n) is 3.65. The van der Waals surface area contributed by atoms with Crippen LogP contribution in [0.15, 0.2) is 24.4 Å². The number of carboxylic acid groups (broad SMARTS) is 1. The minimum atomic E-state index is -1.39.